The maximum absolute atomic E-state index is 12.8. The van der Waals surface area contributed by atoms with Crippen molar-refractivity contribution in [3.8, 4) is 0 Å². The minimum absolute atomic E-state index is 0.0426. The monoisotopic (exact) mass is 651 g/mol. The smallest absolute Gasteiger partial charge is 0.196 e. The van der Waals surface area contributed by atoms with E-state index >= 15 is 0 Å². The lowest BCUT2D eigenvalue weighted by Gasteiger charge is -2.13. The molecule has 0 bridgehead atoms. The first-order valence-electron chi connectivity index (χ1n) is 11.8. The van der Waals surface area contributed by atoms with Gasteiger partial charge in [-0.05, 0) is 71.8 Å². The van der Waals surface area contributed by atoms with Crippen LogP contribution in [-0.4, -0.2) is 30.6 Å². The van der Waals surface area contributed by atoms with Crippen LogP contribution in [0.25, 0.3) is 5.57 Å². The molecule has 206 valence electrons. The number of benzene rings is 4. The van der Waals surface area contributed by atoms with Gasteiger partial charge in [0.1, 0.15) is 0 Å². The quantitative estimate of drug-likeness (QED) is 0.147. The number of carbonyl (C=O) groups is 2. The molecule has 0 amide bonds. The van der Waals surface area contributed by atoms with Gasteiger partial charge >= 0.3 is 0 Å². The lowest BCUT2D eigenvalue weighted by atomic mass is 9.97. The molecule has 4 aromatic rings. The highest BCUT2D eigenvalue weighted by molar-refractivity contribution is 6.40. The molecule has 0 aliphatic carbocycles. The molecule has 0 N–H and O–H groups in total. The Bertz CT molecular complexity index is 1530. The van der Waals surface area contributed by atoms with Gasteiger partial charge in [0, 0.05) is 63.5 Å². The number of Topliss-reactive ketones (excluding diaryl/α,β-unsaturated/α-hetero) is 2. The van der Waals surface area contributed by atoms with Crippen molar-refractivity contribution < 1.29 is 9.59 Å². The molecule has 40 heavy (non-hydrogen) atoms. The highest BCUT2D eigenvalue weighted by Gasteiger charge is 2.18. The predicted molar refractivity (Wildman–Crippen MR) is 170 cm³/mol. The molecule has 0 spiro atoms. The molecule has 0 radical (unpaired) electrons. The lowest BCUT2D eigenvalue weighted by molar-refractivity contribution is 0.0992. The van der Waals surface area contributed by atoms with E-state index in [1.165, 1.54) is 0 Å². The maximum Gasteiger partial charge on any atom is 0.196 e. The molecular formula is C31H23Cl6NO2. The number of hydrogen-bond acceptors (Lipinski definition) is 3. The first-order valence-corrected chi connectivity index (χ1v) is 14.1. The molecule has 0 aliphatic rings. The van der Waals surface area contributed by atoms with E-state index in [-0.39, 0.29) is 11.6 Å². The lowest BCUT2D eigenvalue weighted by Crippen LogP contribution is -2.09. The van der Waals surface area contributed by atoms with Crippen LogP contribution in [0.3, 0.4) is 0 Å². The Balaban J connectivity index is 0.000000225. The van der Waals surface area contributed by atoms with Gasteiger partial charge in [0.2, 0.25) is 0 Å². The molecule has 3 nitrogen and oxygen atoms in total. The van der Waals surface area contributed by atoms with Gasteiger partial charge in [-0.15, -0.1) is 0 Å². The highest BCUT2D eigenvalue weighted by atomic mass is 35.5. The van der Waals surface area contributed by atoms with Crippen LogP contribution in [-0.2, 0) is 6.42 Å². The largest absolute Gasteiger partial charge is 0.383 e. The average Bonchev–Trinajstić information content (AvgIpc) is 2.89. The summed E-state index contributed by atoms with van der Waals surface area (Å²) in [7, 11) is 3.71. The molecule has 0 atom stereocenters. The summed E-state index contributed by atoms with van der Waals surface area (Å²) in [5.74, 6) is -0.211. The Hall–Kier alpha value is -2.50. The van der Waals surface area contributed by atoms with E-state index in [9.17, 15) is 9.59 Å². The fraction of sp³-hybridized carbons (Fsp3) is 0.0968. The summed E-state index contributed by atoms with van der Waals surface area (Å²) in [6, 6.07) is 24.0. The molecular weight excluding hydrogens is 631 g/mol. The van der Waals surface area contributed by atoms with Crippen LogP contribution < -0.4 is 0 Å². The SMILES string of the molecule is CN(C)C=C(C(=O)c1ccc(Cl)cc1Cl)c1ccc(Cl)cc1.O=C(Cc1ccc(Cl)cc1)c1ccc(Cl)cc1Cl. The number of nitrogens with zero attached hydrogens (tertiary/aromatic N) is 1. The van der Waals surface area contributed by atoms with Crippen molar-refractivity contribution >= 4 is 86.7 Å². The van der Waals surface area contributed by atoms with Crippen LogP contribution in [0.2, 0.25) is 30.1 Å². The Labute approximate surface area is 263 Å². The summed E-state index contributed by atoms with van der Waals surface area (Å²) in [4.78, 5) is 26.7. The summed E-state index contributed by atoms with van der Waals surface area (Å²) < 4.78 is 0. The van der Waals surface area contributed by atoms with Gasteiger partial charge in [-0.3, -0.25) is 9.59 Å². The molecule has 0 saturated heterocycles. The van der Waals surface area contributed by atoms with Crippen molar-refractivity contribution in [2.24, 2.45) is 0 Å². The van der Waals surface area contributed by atoms with Crippen LogP contribution in [0.4, 0.5) is 0 Å². The number of rotatable bonds is 7. The molecule has 9 heteroatoms. The molecule has 0 aliphatic heterocycles. The fourth-order valence-electron chi connectivity index (χ4n) is 3.57. The van der Waals surface area contributed by atoms with E-state index in [0.29, 0.717) is 53.3 Å². The number of allylic oxidation sites excluding steroid dienone is 1. The van der Waals surface area contributed by atoms with Crippen molar-refractivity contribution in [3.63, 3.8) is 0 Å². The van der Waals surface area contributed by atoms with Gasteiger partial charge in [-0.2, -0.15) is 0 Å². The van der Waals surface area contributed by atoms with E-state index in [0.717, 1.165) is 11.1 Å². The van der Waals surface area contributed by atoms with E-state index in [1.807, 2.05) is 31.1 Å². The zero-order chi connectivity index (χ0) is 29.4. The van der Waals surface area contributed by atoms with Crippen LogP contribution in [0.1, 0.15) is 31.8 Å². The average molecular weight is 654 g/mol. The van der Waals surface area contributed by atoms with Gasteiger partial charge in [-0.25, -0.2) is 0 Å². The molecule has 0 aromatic heterocycles. The van der Waals surface area contributed by atoms with Gasteiger partial charge < -0.3 is 4.90 Å². The van der Waals surface area contributed by atoms with Gasteiger partial charge in [0.15, 0.2) is 11.6 Å². The van der Waals surface area contributed by atoms with Crippen LogP contribution >= 0.6 is 69.6 Å². The minimum atomic E-state index is -0.169. The second kappa shape index (κ2) is 14.9. The maximum atomic E-state index is 12.8. The number of hydrogen-bond donors (Lipinski definition) is 0. The van der Waals surface area contributed by atoms with Crippen molar-refractivity contribution in [2.45, 2.75) is 6.42 Å². The van der Waals surface area contributed by atoms with Crippen LogP contribution in [0, 0.1) is 0 Å². The Morgan fingerprint density at radius 1 is 0.625 bits per heavy atom. The van der Waals surface area contributed by atoms with Gasteiger partial charge in [0.25, 0.3) is 0 Å². The highest BCUT2D eigenvalue weighted by Crippen LogP contribution is 2.28. The van der Waals surface area contributed by atoms with Gasteiger partial charge in [-0.1, -0.05) is 93.9 Å². The van der Waals surface area contributed by atoms with E-state index in [1.54, 1.807) is 79.0 Å². The first-order chi connectivity index (χ1) is 18.9. The summed E-state index contributed by atoms with van der Waals surface area (Å²) in [5, 5.41) is 2.98. The normalized spacial score (nSPS) is 10.9. The number of ketones is 2. The molecule has 0 saturated carbocycles. The molecule has 0 fully saturated rings. The topological polar surface area (TPSA) is 37.4 Å². The van der Waals surface area contributed by atoms with Crippen molar-refractivity contribution in [3.05, 3.63) is 144 Å². The first kappa shape index (κ1) is 32.0. The summed E-state index contributed by atoms with van der Waals surface area (Å²) in [6.45, 7) is 0. The molecule has 4 aromatic carbocycles. The summed E-state index contributed by atoms with van der Waals surface area (Å²) >= 11 is 35.5. The Morgan fingerprint density at radius 3 is 1.55 bits per heavy atom. The third-order valence-corrected chi connectivity index (χ3v) is 7.07. The second-order valence-electron chi connectivity index (χ2n) is 8.82. The van der Waals surface area contributed by atoms with E-state index < -0.39 is 0 Å². The molecule has 0 unspecified atom stereocenters. The predicted octanol–water partition coefficient (Wildman–Crippen LogP) is 10.5. The minimum Gasteiger partial charge on any atom is -0.383 e. The number of carbonyl (C=O) groups excluding carboxylic acids is 2. The van der Waals surface area contributed by atoms with E-state index in [2.05, 4.69) is 0 Å². The fourth-order valence-corrected chi connectivity index (χ4v) is 4.83. The summed E-state index contributed by atoms with van der Waals surface area (Å²) in [5.41, 5.74) is 3.10. The summed E-state index contributed by atoms with van der Waals surface area (Å²) in [6.07, 6.45) is 2.05. The molecule has 4 rings (SSSR count). The molecule has 0 heterocycles. The second-order valence-corrected chi connectivity index (χ2v) is 11.4. The van der Waals surface area contributed by atoms with Crippen molar-refractivity contribution in [1.29, 1.82) is 0 Å². The third kappa shape index (κ3) is 9.27. The number of halogens is 6. The van der Waals surface area contributed by atoms with Crippen molar-refractivity contribution in [2.75, 3.05) is 14.1 Å². The Kier molecular flexibility index (Phi) is 12.0. The van der Waals surface area contributed by atoms with Crippen LogP contribution in [0.5, 0.6) is 0 Å². The van der Waals surface area contributed by atoms with Crippen molar-refractivity contribution in [1.82, 2.24) is 4.90 Å². The standard InChI is InChI=1S/C17H14Cl3NO.C14H9Cl3O/c1-21(2)10-15(11-3-5-12(18)6-4-11)17(22)14-8-7-13(19)9-16(14)20;15-10-3-1-9(2-4-10)7-14(18)12-6-5-11(16)8-13(12)17/h3-10H,1-2H3;1-6,8H,7H2. The van der Waals surface area contributed by atoms with E-state index in [4.69, 9.17) is 69.6 Å². The third-order valence-electron chi connectivity index (χ3n) is 5.47. The zero-order valence-electron chi connectivity index (χ0n) is 21.4. The van der Waals surface area contributed by atoms with Crippen LogP contribution in [0.15, 0.2) is 91.1 Å². The Morgan fingerprint density at radius 2 is 1.07 bits per heavy atom. The zero-order valence-corrected chi connectivity index (χ0v) is 25.9. The van der Waals surface area contributed by atoms with Gasteiger partial charge in [0.05, 0.1) is 10.0 Å².